The van der Waals surface area contributed by atoms with Gasteiger partial charge in [0.25, 0.3) is 5.91 Å². The molecule has 3 aromatic carbocycles. The number of aromatic nitrogens is 4. The number of rotatable bonds is 6. The van der Waals surface area contributed by atoms with Crippen LogP contribution in [0.15, 0.2) is 48.9 Å². The molecular formula is C33H26F3N5O4. The highest BCUT2D eigenvalue weighted by molar-refractivity contribution is 6.04. The molecule has 228 valence electrons. The van der Waals surface area contributed by atoms with Gasteiger partial charge in [0.2, 0.25) is 0 Å². The molecule has 5 aromatic rings. The first-order valence-corrected chi connectivity index (χ1v) is 14.3. The average Bonchev–Trinajstić information content (AvgIpc) is 3.74. The highest BCUT2D eigenvalue weighted by Gasteiger charge is 2.49. The van der Waals surface area contributed by atoms with Gasteiger partial charge in [0.1, 0.15) is 54.2 Å². The molecule has 0 spiro atoms. The standard InChI is InChI=1S/C33H26F3N5O4/c1-2-21-25(35)7-4-18-10-20(43)11-24(28(18)21)22-5-6-23-30(26-14-40(17-37-26)27(44)15-42)38-32(39-31(23)29(22)36)45-16-33-8-3-9-41(33)13-19(34)12-33/h1,4-7,10-11,14,17,19,42-43H,3,8-9,12-13,15-16H2/t19-,33+/m1/s1. The molecule has 2 atom stereocenters. The number of fused-ring (bicyclic) bond motifs is 3. The summed E-state index contributed by atoms with van der Waals surface area (Å²) in [7, 11) is 0. The lowest BCUT2D eigenvalue weighted by Crippen LogP contribution is -2.43. The summed E-state index contributed by atoms with van der Waals surface area (Å²) in [5.41, 5.74) is -0.305. The first-order chi connectivity index (χ1) is 21.7. The first kappa shape index (κ1) is 28.8. The van der Waals surface area contributed by atoms with E-state index in [0.717, 1.165) is 24.0 Å². The van der Waals surface area contributed by atoms with Gasteiger partial charge in [-0.1, -0.05) is 18.1 Å². The van der Waals surface area contributed by atoms with E-state index < -0.39 is 35.9 Å². The van der Waals surface area contributed by atoms with Crippen molar-refractivity contribution in [3.8, 4) is 46.6 Å². The molecule has 7 rings (SSSR count). The van der Waals surface area contributed by atoms with Crippen LogP contribution >= 0.6 is 0 Å². The molecule has 0 amide bonds. The smallest absolute Gasteiger partial charge is 0.317 e. The van der Waals surface area contributed by atoms with Crippen molar-refractivity contribution in [1.29, 1.82) is 0 Å². The molecule has 0 bridgehead atoms. The van der Waals surface area contributed by atoms with Crippen LogP contribution in [0.1, 0.15) is 29.6 Å². The molecular weight excluding hydrogens is 587 g/mol. The Morgan fingerprint density at radius 3 is 2.82 bits per heavy atom. The predicted molar refractivity (Wildman–Crippen MR) is 159 cm³/mol. The van der Waals surface area contributed by atoms with Crippen molar-refractivity contribution in [3.05, 3.63) is 66.1 Å². The number of carbonyl (C=O) groups is 1. The summed E-state index contributed by atoms with van der Waals surface area (Å²) in [6.07, 6.45) is 9.15. The summed E-state index contributed by atoms with van der Waals surface area (Å²) in [4.78, 5) is 27.4. The Balaban J connectivity index is 1.41. The van der Waals surface area contributed by atoms with E-state index in [4.69, 9.17) is 11.2 Å². The number of phenols is 1. The number of imidazole rings is 1. The van der Waals surface area contributed by atoms with Gasteiger partial charge in [0.15, 0.2) is 5.82 Å². The van der Waals surface area contributed by atoms with Gasteiger partial charge in [-0.3, -0.25) is 14.3 Å². The summed E-state index contributed by atoms with van der Waals surface area (Å²) in [6, 6.07) is 8.14. The second kappa shape index (κ2) is 10.9. The molecule has 2 aliphatic rings. The average molecular weight is 614 g/mol. The molecule has 0 radical (unpaired) electrons. The van der Waals surface area contributed by atoms with Crippen LogP contribution in [0.4, 0.5) is 13.2 Å². The van der Waals surface area contributed by atoms with Crippen molar-refractivity contribution in [3.63, 3.8) is 0 Å². The Kier molecular flexibility index (Phi) is 6.95. The molecule has 2 N–H and O–H groups in total. The number of alkyl halides is 1. The summed E-state index contributed by atoms with van der Waals surface area (Å²) in [5.74, 6) is 0.0265. The number of phenolic OH excluding ortho intramolecular Hbond substituents is 1. The van der Waals surface area contributed by atoms with Crippen molar-refractivity contribution < 1.29 is 32.9 Å². The number of terminal acetylenes is 1. The third-order valence-corrected chi connectivity index (χ3v) is 8.75. The highest BCUT2D eigenvalue weighted by Crippen LogP contribution is 2.42. The van der Waals surface area contributed by atoms with Crippen LogP contribution in [-0.4, -0.2) is 78.6 Å². The number of halogens is 3. The van der Waals surface area contributed by atoms with Crippen LogP contribution in [0.5, 0.6) is 11.8 Å². The molecule has 12 heteroatoms. The molecule has 0 aliphatic carbocycles. The third-order valence-electron chi connectivity index (χ3n) is 8.75. The second-order valence-electron chi connectivity index (χ2n) is 11.4. The monoisotopic (exact) mass is 613 g/mol. The lowest BCUT2D eigenvalue weighted by atomic mass is 9.93. The Bertz CT molecular complexity index is 2060. The van der Waals surface area contributed by atoms with Crippen molar-refractivity contribution in [2.24, 2.45) is 0 Å². The number of aromatic hydroxyl groups is 1. The minimum atomic E-state index is -0.982. The summed E-state index contributed by atoms with van der Waals surface area (Å²) in [5, 5.41) is 20.7. The minimum Gasteiger partial charge on any atom is -0.508 e. The molecule has 9 nitrogen and oxygen atoms in total. The zero-order chi connectivity index (χ0) is 31.5. The lowest BCUT2D eigenvalue weighted by Gasteiger charge is -2.30. The second-order valence-corrected chi connectivity index (χ2v) is 11.4. The Labute approximate surface area is 254 Å². The predicted octanol–water partition coefficient (Wildman–Crippen LogP) is 4.87. The van der Waals surface area contributed by atoms with E-state index in [-0.39, 0.29) is 62.7 Å². The highest BCUT2D eigenvalue weighted by atomic mass is 19.1. The molecule has 2 aromatic heterocycles. The quantitative estimate of drug-likeness (QED) is 0.261. The van der Waals surface area contributed by atoms with E-state index in [1.165, 1.54) is 42.9 Å². The van der Waals surface area contributed by atoms with Crippen molar-refractivity contribution in [2.45, 2.75) is 31.0 Å². The van der Waals surface area contributed by atoms with Gasteiger partial charge in [-0.15, -0.1) is 6.42 Å². The van der Waals surface area contributed by atoms with Crippen LogP contribution in [0, 0.1) is 24.0 Å². The molecule has 0 saturated carbocycles. The van der Waals surface area contributed by atoms with Gasteiger partial charge in [-0.05, 0) is 54.6 Å². The van der Waals surface area contributed by atoms with Crippen LogP contribution in [-0.2, 0) is 0 Å². The zero-order valence-corrected chi connectivity index (χ0v) is 23.8. The molecule has 2 fully saturated rings. The fourth-order valence-corrected chi connectivity index (χ4v) is 6.70. The first-order valence-electron chi connectivity index (χ1n) is 14.3. The molecule has 0 unspecified atom stereocenters. The van der Waals surface area contributed by atoms with E-state index in [1.807, 2.05) is 0 Å². The number of nitrogens with zero attached hydrogens (tertiary/aromatic N) is 5. The van der Waals surface area contributed by atoms with E-state index in [9.17, 15) is 23.8 Å². The Morgan fingerprint density at radius 2 is 2.02 bits per heavy atom. The maximum atomic E-state index is 16.7. The SMILES string of the molecule is C#Cc1c(F)ccc2cc(O)cc(-c3ccc4c(-c5cn(C(=O)CO)cn5)nc(OC[C@@]56CCCN5C[C@H](F)C6)nc4c3F)c12. The zero-order valence-electron chi connectivity index (χ0n) is 23.8. The van der Waals surface area contributed by atoms with Gasteiger partial charge in [0, 0.05) is 35.5 Å². The number of hydrogen-bond acceptors (Lipinski definition) is 8. The van der Waals surface area contributed by atoms with Crippen LogP contribution in [0.3, 0.4) is 0 Å². The number of ether oxygens (including phenoxy) is 1. The van der Waals surface area contributed by atoms with Gasteiger partial charge < -0.3 is 14.9 Å². The van der Waals surface area contributed by atoms with E-state index in [1.54, 1.807) is 6.07 Å². The Morgan fingerprint density at radius 1 is 1.18 bits per heavy atom. The number of benzene rings is 3. The van der Waals surface area contributed by atoms with E-state index in [2.05, 4.69) is 25.8 Å². The molecule has 2 saturated heterocycles. The molecule has 2 aliphatic heterocycles. The van der Waals surface area contributed by atoms with E-state index >= 15 is 4.39 Å². The summed E-state index contributed by atoms with van der Waals surface area (Å²) < 4.78 is 53.0. The van der Waals surface area contributed by atoms with Crippen molar-refractivity contribution >= 4 is 27.6 Å². The maximum absolute atomic E-state index is 16.7. The van der Waals surface area contributed by atoms with Gasteiger partial charge >= 0.3 is 6.01 Å². The van der Waals surface area contributed by atoms with E-state index in [0.29, 0.717) is 18.4 Å². The van der Waals surface area contributed by atoms with Crippen molar-refractivity contribution in [1.82, 2.24) is 24.4 Å². The van der Waals surface area contributed by atoms with Crippen LogP contribution in [0.2, 0.25) is 0 Å². The maximum Gasteiger partial charge on any atom is 0.317 e. The fraction of sp³-hybridized carbons (Fsp3) is 0.273. The van der Waals surface area contributed by atoms with Gasteiger partial charge in [0.05, 0.1) is 11.1 Å². The number of hydrogen-bond donors (Lipinski definition) is 2. The topological polar surface area (TPSA) is 114 Å². The largest absolute Gasteiger partial charge is 0.508 e. The number of carbonyl (C=O) groups excluding carboxylic acids is 1. The summed E-state index contributed by atoms with van der Waals surface area (Å²) in [6.45, 7) is 0.400. The molecule has 4 heterocycles. The molecule has 45 heavy (non-hydrogen) atoms. The van der Waals surface area contributed by atoms with Crippen molar-refractivity contribution in [2.75, 3.05) is 26.3 Å². The number of aliphatic hydroxyl groups excluding tert-OH is 1. The fourth-order valence-electron chi connectivity index (χ4n) is 6.70. The summed E-state index contributed by atoms with van der Waals surface area (Å²) >= 11 is 0. The minimum absolute atomic E-state index is 0.0151. The van der Waals surface area contributed by atoms with Crippen LogP contribution < -0.4 is 4.74 Å². The third kappa shape index (κ3) is 4.75. The van der Waals surface area contributed by atoms with Crippen LogP contribution in [0.25, 0.3) is 44.2 Å². The normalized spacial score (nSPS) is 19.7. The van der Waals surface area contributed by atoms with Gasteiger partial charge in [-0.25, -0.2) is 18.2 Å². The Hall–Kier alpha value is -4.99. The van der Waals surface area contributed by atoms with Gasteiger partial charge in [-0.2, -0.15) is 9.97 Å². The number of aliphatic hydroxyl groups is 1. The lowest BCUT2D eigenvalue weighted by molar-refractivity contribution is 0.0818.